The molecule has 0 bridgehead atoms. The molecule has 0 unspecified atom stereocenters. The van der Waals surface area contributed by atoms with Gasteiger partial charge in [-0.3, -0.25) is 0 Å². The number of hydrogen-bond donors (Lipinski definition) is 1. The zero-order valence-corrected chi connectivity index (χ0v) is 3.03. The van der Waals surface area contributed by atoms with Gasteiger partial charge in [-0.2, -0.15) is 0 Å². The Morgan fingerprint density at radius 1 is 2.00 bits per heavy atom. The van der Waals surface area contributed by atoms with Crippen LogP contribution in [0.5, 0.6) is 0 Å². The molecular weight excluding hydrogens is 71.0 g/mol. The summed E-state index contributed by atoms with van der Waals surface area (Å²) in [5, 5.41) is 7.61. The zero-order chi connectivity index (χ0) is 4.28. The van der Waals surface area contributed by atoms with E-state index in [1.807, 2.05) is 0 Å². The summed E-state index contributed by atoms with van der Waals surface area (Å²) in [5.74, 6) is 0. The Kier molecular flexibility index (Phi) is 2.10. The summed E-state index contributed by atoms with van der Waals surface area (Å²) in [6.07, 6.45) is -0.884. The second-order valence-corrected chi connectivity index (χ2v) is 0.730. The van der Waals surface area contributed by atoms with Crippen molar-refractivity contribution in [2.75, 3.05) is 0 Å². The van der Waals surface area contributed by atoms with Crippen molar-refractivity contribution in [1.82, 2.24) is 0 Å². The predicted octanol–water partition coefficient (Wildman–Crippen LogP) is 1.23. The quantitative estimate of drug-likeness (QED) is 0.499. The van der Waals surface area contributed by atoms with Gasteiger partial charge in [0.15, 0.2) is 0 Å². The van der Waals surface area contributed by atoms with Crippen LogP contribution in [0.2, 0.25) is 0 Å². The molecule has 0 saturated carbocycles. The monoisotopic (exact) mass is 77.0 g/mol. The van der Waals surface area contributed by atoms with Crippen LogP contribution in [-0.2, 0) is 0 Å². The minimum absolute atomic E-state index is 0.111. The summed E-state index contributed by atoms with van der Waals surface area (Å²) in [6.45, 7) is 1.54. The van der Waals surface area contributed by atoms with Crippen LogP contribution in [0.4, 0.5) is 4.39 Å². The largest absolute Gasteiger partial charge is 0.357 e. The van der Waals surface area contributed by atoms with E-state index in [0.717, 1.165) is 0 Å². The normalized spacial score (nSPS) is 9.60. The SMILES string of the molecule is CC[C](O)F. The highest BCUT2D eigenvalue weighted by Gasteiger charge is 1.91. The third-order valence-corrected chi connectivity index (χ3v) is 0.292. The van der Waals surface area contributed by atoms with E-state index in [4.69, 9.17) is 5.11 Å². The molecule has 0 aliphatic heterocycles. The fraction of sp³-hybridized carbons (Fsp3) is 0.667. The Morgan fingerprint density at radius 3 is 2.20 bits per heavy atom. The van der Waals surface area contributed by atoms with Gasteiger partial charge in [-0.15, -0.1) is 0 Å². The Hall–Kier alpha value is -0.110. The average Bonchev–Trinajstić information content (AvgIpc) is 1.38. The first-order valence-corrected chi connectivity index (χ1v) is 1.47. The molecule has 5 heavy (non-hydrogen) atoms. The molecule has 0 aromatic heterocycles. The van der Waals surface area contributed by atoms with Crippen LogP contribution >= 0.6 is 0 Å². The Morgan fingerprint density at radius 2 is 2.20 bits per heavy atom. The Bertz CT molecular complexity index is 20.9. The molecule has 0 aromatic rings. The molecule has 2 heteroatoms. The summed E-state index contributed by atoms with van der Waals surface area (Å²) in [5.41, 5.74) is 0. The molecule has 0 saturated heterocycles. The summed E-state index contributed by atoms with van der Waals surface area (Å²) >= 11 is 0. The maximum Gasteiger partial charge on any atom is 0.265 e. The maximum atomic E-state index is 10.9. The van der Waals surface area contributed by atoms with Gasteiger partial charge in [0.1, 0.15) is 0 Å². The van der Waals surface area contributed by atoms with Crippen LogP contribution in [0.1, 0.15) is 13.3 Å². The first-order valence-electron chi connectivity index (χ1n) is 1.47. The van der Waals surface area contributed by atoms with E-state index in [9.17, 15) is 4.39 Å². The van der Waals surface area contributed by atoms with Crippen molar-refractivity contribution in [3.05, 3.63) is 6.36 Å². The van der Waals surface area contributed by atoms with E-state index in [1.54, 1.807) is 0 Å². The molecule has 0 aliphatic carbocycles. The zero-order valence-electron chi connectivity index (χ0n) is 3.03. The highest BCUT2D eigenvalue weighted by molar-refractivity contribution is 4.49. The molecule has 0 spiro atoms. The van der Waals surface area contributed by atoms with E-state index in [0.29, 0.717) is 0 Å². The topological polar surface area (TPSA) is 20.2 Å². The minimum Gasteiger partial charge on any atom is -0.357 e. The Balaban J connectivity index is 2.54. The van der Waals surface area contributed by atoms with Crippen LogP contribution in [-0.4, -0.2) is 5.11 Å². The molecular formula is C3H6FO. The van der Waals surface area contributed by atoms with Crippen LogP contribution in [0.25, 0.3) is 0 Å². The summed E-state index contributed by atoms with van der Waals surface area (Å²) < 4.78 is 10.9. The van der Waals surface area contributed by atoms with Crippen molar-refractivity contribution < 1.29 is 9.50 Å². The van der Waals surface area contributed by atoms with E-state index < -0.39 is 6.36 Å². The van der Waals surface area contributed by atoms with Gasteiger partial charge < -0.3 is 5.11 Å². The van der Waals surface area contributed by atoms with Crippen molar-refractivity contribution in [2.45, 2.75) is 13.3 Å². The molecule has 0 aliphatic rings. The average molecular weight is 77.1 g/mol. The van der Waals surface area contributed by atoms with Crippen molar-refractivity contribution in [2.24, 2.45) is 0 Å². The van der Waals surface area contributed by atoms with E-state index >= 15 is 0 Å². The molecule has 0 atom stereocenters. The van der Waals surface area contributed by atoms with Gasteiger partial charge in [-0.25, -0.2) is 4.39 Å². The summed E-state index contributed by atoms with van der Waals surface area (Å²) in [4.78, 5) is 0. The van der Waals surface area contributed by atoms with Gasteiger partial charge in [0.2, 0.25) is 0 Å². The molecule has 31 valence electrons. The van der Waals surface area contributed by atoms with Crippen LogP contribution in [0, 0.1) is 6.36 Å². The van der Waals surface area contributed by atoms with Gasteiger partial charge in [-0.05, 0) is 0 Å². The van der Waals surface area contributed by atoms with Gasteiger partial charge in [-0.1, -0.05) is 6.92 Å². The van der Waals surface area contributed by atoms with Gasteiger partial charge in [0, 0.05) is 6.42 Å². The molecule has 1 nitrogen and oxygen atoms in total. The number of aliphatic hydroxyl groups excluding tert-OH is 1. The van der Waals surface area contributed by atoms with Gasteiger partial charge in [0.05, 0.1) is 0 Å². The molecule has 1 N–H and O–H groups in total. The van der Waals surface area contributed by atoms with E-state index in [2.05, 4.69) is 0 Å². The Labute approximate surface area is 30.4 Å². The molecule has 1 radical (unpaired) electrons. The van der Waals surface area contributed by atoms with E-state index in [-0.39, 0.29) is 6.42 Å². The maximum absolute atomic E-state index is 10.9. The molecule has 0 heterocycles. The fourth-order valence-corrected chi connectivity index (χ4v) is 0. The second kappa shape index (κ2) is 2.15. The standard InChI is InChI=1S/C3H6FO/c1-2-3(4)5/h5H,2H2,1H3. The number of halogens is 1. The minimum atomic E-state index is -0.995. The van der Waals surface area contributed by atoms with Crippen LogP contribution in [0.15, 0.2) is 0 Å². The van der Waals surface area contributed by atoms with Crippen LogP contribution in [0.3, 0.4) is 0 Å². The fourth-order valence-electron chi connectivity index (χ4n) is 0. The lowest BCUT2D eigenvalue weighted by Gasteiger charge is -1.82. The molecule has 0 fully saturated rings. The third kappa shape index (κ3) is 3.89. The van der Waals surface area contributed by atoms with E-state index in [1.165, 1.54) is 6.92 Å². The third-order valence-electron chi connectivity index (χ3n) is 0.292. The van der Waals surface area contributed by atoms with Gasteiger partial charge >= 0.3 is 0 Å². The molecule has 0 amide bonds. The first kappa shape index (κ1) is 4.89. The van der Waals surface area contributed by atoms with Crippen molar-refractivity contribution in [3.8, 4) is 0 Å². The highest BCUT2D eigenvalue weighted by Crippen LogP contribution is 1.96. The number of rotatable bonds is 1. The number of aliphatic hydroxyl groups is 1. The summed E-state index contributed by atoms with van der Waals surface area (Å²) in [7, 11) is 0. The van der Waals surface area contributed by atoms with Crippen LogP contribution < -0.4 is 0 Å². The van der Waals surface area contributed by atoms with Crippen molar-refractivity contribution in [3.63, 3.8) is 0 Å². The molecule has 0 aromatic carbocycles. The van der Waals surface area contributed by atoms with Crippen molar-refractivity contribution >= 4 is 0 Å². The lowest BCUT2D eigenvalue weighted by Crippen LogP contribution is -1.77. The predicted molar refractivity (Wildman–Crippen MR) is 16.6 cm³/mol. The molecule has 0 rings (SSSR count). The highest BCUT2D eigenvalue weighted by atomic mass is 19.1. The van der Waals surface area contributed by atoms with Gasteiger partial charge in [0.25, 0.3) is 6.36 Å². The lowest BCUT2D eigenvalue weighted by molar-refractivity contribution is 0.161. The number of hydrogen-bond acceptors (Lipinski definition) is 1. The summed E-state index contributed by atoms with van der Waals surface area (Å²) in [6, 6.07) is 0. The van der Waals surface area contributed by atoms with Crippen molar-refractivity contribution in [1.29, 1.82) is 0 Å². The smallest absolute Gasteiger partial charge is 0.265 e. The lowest BCUT2D eigenvalue weighted by atomic mass is 10.5. The first-order chi connectivity index (χ1) is 2.27. The second-order valence-electron chi connectivity index (χ2n) is 0.730.